The van der Waals surface area contributed by atoms with E-state index in [4.69, 9.17) is 23.2 Å². The van der Waals surface area contributed by atoms with Gasteiger partial charge >= 0.3 is 5.97 Å². The van der Waals surface area contributed by atoms with Gasteiger partial charge in [-0.05, 0) is 24.6 Å². The van der Waals surface area contributed by atoms with Gasteiger partial charge in [-0.2, -0.15) is 0 Å². The van der Waals surface area contributed by atoms with Crippen molar-refractivity contribution in [1.82, 2.24) is 0 Å². The molecule has 1 rings (SSSR count). The lowest BCUT2D eigenvalue weighted by atomic mass is 10.0. The quantitative estimate of drug-likeness (QED) is 0.647. The van der Waals surface area contributed by atoms with Gasteiger partial charge in [0, 0.05) is 0 Å². The maximum atomic E-state index is 13.3. The molecule has 0 fully saturated rings. The highest BCUT2D eigenvalue weighted by molar-refractivity contribution is 6.42. The molecule has 0 heterocycles. The zero-order chi connectivity index (χ0) is 14.6. The molecule has 2 N–H and O–H groups in total. The lowest BCUT2D eigenvalue weighted by molar-refractivity contribution is -0.147. The van der Waals surface area contributed by atoms with E-state index in [0.29, 0.717) is 0 Å². The van der Waals surface area contributed by atoms with Crippen molar-refractivity contribution in [3.8, 4) is 0 Å². The van der Waals surface area contributed by atoms with Crippen molar-refractivity contribution < 1.29 is 24.1 Å². The fraction of sp³-hybridized carbons (Fsp3) is 0.417. The Balaban J connectivity index is 2.82. The lowest BCUT2D eigenvalue weighted by Gasteiger charge is -2.18. The van der Waals surface area contributed by atoms with E-state index < -0.39 is 30.4 Å². The Bertz CT molecular complexity index is 444. The molecule has 0 saturated carbocycles. The first kappa shape index (κ1) is 16.2. The number of ether oxygens (including phenoxy) is 1. The molecule has 1 aromatic carbocycles. The summed E-state index contributed by atoms with van der Waals surface area (Å²) in [6.45, 7) is 1.79. The van der Waals surface area contributed by atoms with Gasteiger partial charge in [-0.25, -0.2) is 4.39 Å². The van der Waals surface area contributed by atoms with Crippen LogP contribution in [0.4, 0.5) is 4.39 Å². The van der Waals surface area contributed by atoms with Crippen LogP contribution in [0.15, 0.2) is 12.1 Å². The number of aliphatic hydroxyl groups excluding tert-OH is 2. The average Bonchev–Trinajstić information content (AvgIpc) is 2.34. The van der Waals surface area contributed by atoms with Crippen LogP contribution in [0.25, 0.3) is 0 Å². The Labute approximate surface area is 119 Å². The van der Waals surface area contributed by atoms with Gasteiger partial charge in [0.15, 0.2) is 0 Å². The largest absolute Gasteiger partial charge is 0.466 e. The summed E-state index contributed by atoms with van der Waals surface area (Å²) in [7, 11) is 0. The highest BCUT2D eigenvalue weighted by atomic mass is 35.5. The van der Waals surface area contributed by atoms with Crippen LogP contribution in [0.5, 0.6) is 0 Å². The van der Waals surface area contributed by atoms with Crippen LogP contribution in [-0.2, 0) is 9.53 Å². The standard InChI is InChI=1S/C12H13Cl2FO4/c1-2-19-10(17)5-9(16)12(18)6-3-7(13)11(14)8(15)4-6/h3-4,9,12,16,18H,2,5H2,1H3. The van der Waals surface area contributed by atoms with E-state index in [-0.39, 0.29) is 22.2 Å². The summed E-state index contributed by atoms with van der Waals surface area (Å²) >= 11 is 11.2. The molecule has 0 aliphatic heterocycles. The minimum absolute atomic E-state index is 0.0312. The van der Waals surface area contributed by atoms with E-state index in [1.54, 1.807) is 6.92 Å². The molecule has 2 atom stereocenters. The third kappa shape index (κ3) is 4.31. The highest BCUT2D eigenvalue weighted by Gasteiger charge is 2.23. The van der Waals surface area contributed by atoms with Gasteiger partial charge in [-0.1, -0.05) is 23.2 Å². The topological polar surface area (TPSA) is 66.8 Å². The minimum Gasteiger partial charge on any atom is -0.466 e. The normalized spacial score (nSPS) is 14.0. The van der Waals surface area contributed by atoms with Gasteiger partial charge in [0.05, 0.1) is 29.2 Å². The zero-order valence-corrected chi connectivity index (χ0v) is 11.6. The number of hydrogen-bond donors (Lipinski definition) is 2. The third-order valence-corrected chi connectivity index (χ3v) is 3.17. The second kappa shape index (κ2) is 7.05. The van der Waals surface area contributed by atoms with Gasteiger partial charge in [-0.15, -0.1) is 0 Å². The average molecular weight is 311 g/mol. The zero-order valence-electron chi connectivity index (χ0n) is 10.1. The predicted octanol–water partition coefficient (Wildman–Crippen LogP) is 2.48. The minimum atomic E-state index is -1.46. The molecular formula is C12H13Cl2FO4. The van der Waals surface area contributed by atoms with Crippen LogP contribution in [0, 0.1) is 5.82 Å². The molecular weight excluding hydrogens is 298 g/mol. The summed E-state index contributed by atoms with van der Waals surface area (Å²) in [5.74, 6) is -1.47. The summed E-state index contributed by atoms with van der Waals surface area (Å²) < 4.78 is 18.0. The monoisotopic (exact) mass is 310 g/mol. The molecule has 2 unspecified atom stereocenters. The van der Waals surface area contributed by atoms with Crippen LogP contribution in [-0.4, -0.2) is 28.9 Å². The summed E-state index contributed by atoms with van der Waals surface area (Å²) in [4.78, 5) is 11.2. The van der Waals surface area contributed by atoms with Crippen LogP contribution in [0.2, 0.25) is 10.0 Å². The van der Waals surface area contributed by atoms with E-state index in [9.17, 15) is 19.4 Å². The number of hydrogen-bond acceptors (Lipinski definition) is 4. The van der Waals surface area contributed by atoms with Gasteiger partial charge in [0.1, 0.15) is 11.9 Å². The Morgan fingerprint density at radius 3 is 2.58 bits per heavy atom. The number of benzene rings is 1. The first-order valence-electron chi connectivity index (χ1n) is 5.53. The molecule has 0 amide bonds. The van der Waals surface area contributed by atoms with E-state index >= 15 is 0 Å². The fourth-order valence-corrected chi connectivity index (χ4v) is 1.80. The van der Waals surface area contributed by atoms with Crippen molar-refractivity contribution in [3.63, 3.8) is 0 Å². The number of rotatable bonds is 5. The van der Waals surface area contributed by atoms with Gasteiger partial charge in [0.25, 0.3) is 0 Å². The predicted molar refractivity (Wildman–Crippen MR) is 68.6 cm³/mol. The number of esters is 1. The molecule has 7 heteroatoms. The van der Waals surface area contributed by atoms with Crippen molar-refractivity contribution >= 4 is 29.2 Å². The molecule has 1 aromatic rings. The third-order valence-electron chi connectivity index (χ3n) is 2.39. The lowest BCUT2D eigenvalue weighted by Crippen LogP contribution is -2.23. The molecule has 0 saturated heterocycles. The number of carbonyl (C=O) groups is 1. The molecule has 0 bridgehead atoms. The van der Waals surface area contributed by atoms with Gasteiger partial charge < -0.3 is 14.9 Å². The summed E-state index contributed by atoms with van der Waals surface area (Å²) in [6.07, 6.45) is -3.29. The first-order valence-corrected chi connectivity index (χ1v) is 6.28. The second-order valence-electron chi connectivity index (χ2n) is 3.82. The molecule has 0 spiro atoms. The highest BCUT2D eigenvalue weighted by Crippen LogP contribution is 2.30. The number of carbonyl (C=O) groups excluding carboxylic acids is 1. The first-order chi connectivity index (χ1) is 8.86. The fourth-order valence-electron chi connectivity index (χ4n) is 1.47. The Morgan fingerprint density at radius 1 is 1.42 bits per heavy atom. The Hall–Kier alpha value is -0.880. The molecule has 106 valence electrons. The molecule has 0 aliphatic rings. The van der Waals surface area contributed by atoms with Gasteiger partial charge in [-0.3, -0.25) is 4.79 Å². The molecule has 0 aromatic heterocycles. The van der Waals surface area contributed by atoms with Crippen LogP contribution in [0.3, 0.4) is 0 Å². The van der Waals surface area contributed by atoms with Crippen LogP contribution in [0.1, 0.15) is 25.0 Å². The second-order valence-corrected chi connectivity index (χ2v) is 4.61. The van der Waals surface area contributed by atoms with E-state index in [0.717, 1.165) is 6.07 Å². The maximum absolute atomic E-state index is 13.3. The van der Waals surface area contributed by atoms with Crippen LogP contribution >= 0.6 is 23.2 Å². The number of halogens is 3. The van der Waals surface area contributed by atoms with Crippen molar-refractivity contribution in [1.29, 1.82) is 0 Å². The van der Waals surface area contributed by atoms with Crippen molar-refractivity contribution in [2.75, 3.05) is 6.61 Å². The van der Waals surface area contributed by atoms with E-state index in [1.807, 2.05) is 0 Å². The Kier molecular flexibility index (Phi) is 6.00. The SMILES string of the molecule is CCOC(=O)CC(O)C(O)c1cc(F)c(Cl)c(Cl)c1. The van der Waals surface area contributed by atoms with Crippen molar-refractivity contribution in [2.24, 2.45) is 0 Å². The Morgan fingerprint density at radius 2 is 2.05 bits per heavy atom. The van der Waals surface area contributed by atoms with E-state index in [1.165, 1.54) is 6.07 Å². The summed E-state index contributed by atoms with van der Waals surface area (Å²) in [5.41, 5.74) is 0.0312. The molecule has 4 nitrogen and oxygen atoms in total. The smallest absolute Gasteiger partial charge is 0.308 e. The van der Waals surface area contributed by atoms with E-state index in [2.05, 4.69) is 4.74 Å². The molecule has 19 heavy (non-hydrogen) atoms. The number of aliphatic hydroxyl groups is 2. The molecule has 0 radical (unpaired) electrons. The van der Waals surface area contributed by atoms with Crippen molar-refractivity contribution in [3.05, 3.63) is 33.6 Å². The summed E-state index contributed by atoms with van der Waals surface area (Å²) in [6, 6.07) is 2.18. The van der Waals surface area contributed by atoms with Crippen molar-refractivity contribution in [2.45, 2.75) is 25.6 Å². The maximum Gasteiger partial charge on any atom is 0.308 e. The summed E-state index contributed by atoms with van der Waals surface area (Å²) in [5, 5.41) is 19.1. The van der Waals surface area contributed by atoms with Gasteiger partial charge in [0.2, 0.25) is 0 Å². The van der Waals surface area contributed by atoms with Crippen LogP contribution < -0.4 is 0 Å². The molecule has 0 aliphatic carbocycles.